The SMILES string of the molecule is CCC(C)C1NC(CC(C)C)N(CC2(C(C)C)CC2)C1=O. The minimum atomic E-state index is 0.0294. The Labute approximate surface area is 130 Å². The highest BCUT2D eigenvalue weighted by atomic mass is 16.2. The molecule has 1 heterocycles. The third kappa shape index (κ3) is 3.44. The molecule has 0 spiro atoms. The number of hydrogen-bond donors (Lipinski definition) is 1. The van der Waals surface area contributed by atoms with Gasteiger partial charge in [-0.05, 0) is 42.4 Å². The first-order valence-corrected chi connectivity index (χ1v) is 8.87. The fourth-order valence-electron chi connectivity index (χ4n) is 3.59. The van der Waals surface area contributed by atoms with Crippen molar-refractivity contribution in [3.8, 4) is 0 Å². The number of carbonyl (C=O) groups excluding carboxylic acids is 1. The maximum atomic E-state index is 12.9. The summed E-state index contributed by atoms with van der Waals surface area (Å²) >= 11 is 0. The molecule has 2 fully saturated rings. The molecule has 2 aliphatic rings. The minimum absolute atomic E-state index is 0.0294. The second-order valence-corrected chi connectivity index (χ2v) is 8.16. The topological polar surface area (TPSA) is 32.3 Å². The van der Waals surface area contributed by atoms with E-state index >= 15 is 0 Å². The predicted octanol–water partition coefficient (Wildman–Crippen LogP) is 3.64. The van der Waals surface area contributed by atoms with Crippen LogP contribution in [0.25, 0.3) is 0 Å². The van der Waals surface area contributed by atoms with Gasteiger partial charge in [-0.25, -0.2) is 0 Å². The third-order valence-corrected chi connectivity index (χ3v) is 5.81. The van der Waals surface area contributed by atoms with E-state index in [0.29, 0.717) is 29.1 Å². The maximum absolute atomic E-state index is 12.9. The van der Waals surface area contributed by atoms with Crippen LogP contribution < -0.4 is 5.32 Å². The van der Waals surface area contributed by atoms with Crippen LogP contribution in [0.3, 0.4) is 0 Å². The Hall–Kier alpha value is -0.570. The Morgan fingerprint density at radius 2 is 1.86 bits per heavy atom. The van der Waals surface area contributed by atoms with Crippen molar-refractivity contribution < 1.29 is 4.79 Å². The molecule has 122 valence electrons. The van der Waals surface area contributed by atoms with Crippen LogP contribution in [0.4, 0.5) is 0 Å². The van der Waals surface area contributed by atoms with Crippen molar-refractivity contribution in [1.29, 1.82) is 0 Å². The minimum Gasteiger partial charge on any atom is -0.325 e. The van der Waals surface area contributed by atoms with E-state index in [-0.39, 0.29) is 12.2 Å². The second kappa shape index (κ2) is 6.28. The van der Waals surface area contributed by atoms with Gasteiger partial charge in [0.15, 0.2) is 0 Å². The van der Waals surface area contributed by atoms with Gasteiger partial charge >= 0.3 is 0 Å². The summed E-state index contributed by atoms with van der Waals surface area (Å²) in [5.74, 6) is 2.06. The molecule has 2 rings (SSSR count). The van der Waals surface area contributed by atoms with Gasteiger partial charge in [0.1, 0.15) is 0 Å². The Morgan fingerprint density at radius 3 is 2.29 bits per heavy atom. The van der Waals surface area contributed by atoms with Crippen LogP contribution in [-0.2, 0) is 4.79 Å². The molecule has 1 aliphatic carbocycles. The number of hydrogen-bond acceptors (Lipinski definition) is 2. The highest BCUT2D eigenvalue weighted by Crippen LogP contribution is 2.53. The van der Waals surface area contributed by atoms with Gasteiger partial charge in [0, 0.05) is 6.54 Å². The molecule has 1 N–H and O–H groups in total. The molecule has 1 saturated carbocycles. The van der Waals surface area contributed by atoms with E-state index in [2.05, 4.69) is 51.8 Å². The number of nitrogens with one attached hydrogen (secondary N) is 1. The van der Waals surface area contributed by atoms with E-state index in [9.17, 15) is 4.79 Å². The summed E-state index contributed by atoms with van der Waals surface area (Å²) in [7, 11) is 0. The molecular formula is C18H34N2O. The fourth-order valence-corrected chi connectivity index (χ4v) is 3.59. The normalized spacial score (nSPS) is 29.5. The van der Waals surface area contributed by atoms with Crippen LogP contribution in [-0.4, -0.2) is 29.6 Å². The number of carbonyl (C=O) groups is 1. The molecule has 3 unspecified atom stereocenters. The van der Waals surface area contributed by atoms with E-state index in [1.807, 2.05) is 0 Å². The van der Waals surface area contributed by atoms with Gasteiger partial charge in [-0.15, -0.1) is 0 Å². The van der Waals surface area contributed by atoms with Crippen molar-refractivity contribution >= 4 is 5.91 Å². The Morgan fingerprint density at radius 1 is 1.24 bits per heavy atom. The lowest BCUT2D eigenvalue weighted by molar-refractivity contribution is -0.132. The van der Waals surface area contributed by atoms with Crippen LogP contribution >= 0.6 is 0 Å². The lowest BCUT2D eigenvalue weighted by Gasteiger charge is -2.31. The number of nitrogens with zero attached hydrogens (tertiary/aromatic N) is 1. The van der Waals surface area contributed by atoms with E-state index in [4.69, 9.17) is 0 Å². The highest BCUT2D eigenvalue weighted by molar-refractivity contribution is 5.84. The zero-order valence-corrected chi connectivity index (χ0v) is 14.8. The molecule has 1 aliphatic heterocycles. The van der Waals surface area contributed by atoms with Gasteiger partial charge in [0.25, 0.3) is 0 Å². The zero-order chi connectivity index (χ0) is 15.8. The Balaban J connectivity index is 2.12. The molecular weight excluding hydrogens is 260 g/mol. The lowest BCUT2D eigenvalue weighted by atomic mass is 9.91. The van der Waals surface area contributed by atoms with E-state index in [0.717, 1.165) is 19.4 Å². The van der Waals surface area contributed by atoms with Crippen LogP contribution in [0.1, 0.15) is 67.2 Å². The second-order valence-electron chi connectivity index (χ2n) is 8.16. The summed E-state index contributed by atoms with van der Waals surface area (Å²) in [6.45, 7) is 14.4. The summed E-state index contributed by atoms with van der Waals surface area (Å²) in [5.41, 5.74) is 0.400. The molecule has 0 aromatic carbocycles. The highest BCUT2D eigenvalue weighted by Gasteiger charge is 2.51. The van der Waals surface area contributed by atoms with Crippen molar-refractivity contribution in [3.05, 3.63) is 0 Å². The maximum Gasteiger partial charge on any atom is 0.241 e. The molecule has 3 nitrogen and oxygen atoms in total. The van der Waals surface area contributed by atoms with Crippen LogP contribution in [0.15, 0.2) is 0 Å². The van der Waals surface area contributed by atoms with Crippen molar-refractivity contribution in [2.24, 2.45) is 23.2 Å². The number of rotatable bonds is 7. The van der Waals surface area contributed by atoms with E-state index in [1.54, 1.807) is 0 Å². The monoisotopic (exact) mass is 294 g/mol. The Kier molecular flexibility index (Phi) is 5.02. The molecule has 1 saturated heterocycles. The smallest absolute Gasteiger partial charge is 0.241 e. The summed E-state index contributed by atoms with van der Waals surface area (Å²) in [4.78, 5) is 15.1. The first-order chi connectivity index (χ1) is 9.80. The van der Waals surface area contributed by atoms with Gasteiger partial charge in [0.2, 0.25) is 5.91 Å². The Bertz CT molecular complexity index is 373. The van der Waals surface area contributed by atoms with E-state index < -0.39 is 0 Å². The zero-order valence-electron chi connectivity index (χ0n) is 14.8. The molecule has 3 atom stereocenters. The van der Waals surface area contributed by atoms with Crippen LogP contribution in [0.2, 0.25) is 0 Å². The average molecular weight is 294 g/mol. The molecule has 0 aromatic heterocycles. The van der Waals surface area contributed by atoms with Crippen LogP contribution in [0.5, 0.6) is 0 Å². The van der Waals surface area contributed by atoms with Gasteiger partial charge in [0.05, 0.1) is 12.2 Å². The fraction of sp³-hybridized carbons (Fsp3) is 0.944. The van der Waals surface area contributed by atoms with E-state index in [1.165, 1.54) is 12.8 Å². The first-order valence-electron chi connectivity index (χ1n) is 8.87. The molecule has 21 heavy (non-hydrogen) atoms. The number of amides is 1. The van der Waals surface area contributed by atoms with Crippen molar-refractivity contribution in [2.75, 3.05) is 6.54 Å². The van der Waals surface area contributed by atoms with Gasteiger partial charge in [-0.2, -0.15) is 0 Å². The lowest BCUT2D eigenvalue weighted by Crippen LogP contribution is -2.42. The molecule has 0 radical (unpaired) electrons. The molecule has 1 amide bonds. The van der Waals surface area contributed by atoms with Crippen molar-refractivity contribution in [1.82, 2.24) is 10.2 Å². The predicted molar refractivity (Wildman–Crippen MR) is 87.8 cm³/mol. The van der Waals surface area contributed by atoms with Gasteiger partial charge in [-0.3, -0.25) is 10.1 Å². The summed E-state index contributed by atoms with van der Waals surface area (Å²) in [6.07, 6.45) is 4.94. The van der Waals surface area contributed by atoms with Crippen LogP contribution in [0, 0.1) is 23.2 Å². The molecule has 0 bridgehead atoms. The van der Waals surface area contributed by atoms with Crippen molar-refractivity contribution in [3.63, 3.8) is 0 Å². The molecule has 3 heteroatoms. The standard InChI is InChI=1S/C18H34N2O/c1-7-14(6)16-17(21)20(15(19-16)10-12(2)3)11-18(8-9-18)13(4)5/h12-16,19H,7-11H2,1-6H3. The largest absolute Gasteiger partial charge is 0.325 e. The summed E-state index contributed by atoms with van der Waals surface area (Å²) in [6, 6.07) is 0.0294. The average Bonchev–Trinajstić information content (AvgIpc) is 3.14. The van der Waals surface area contributed by atoms with Crippen molar-refractivity contribution in [2.45, 2.75) is 79.4 Å². The van der Waals surface area contributed by atoms with Gasteiger partial charge in [-0.1, -0.05) is 48.0 Å². The summed E-state index contributed by atoms with van der Waals surface area (Å²) in [5, 5.41) is 3.64. The summed E-state index contributed by atoms with van der Waals surface area (Å²) < 4.78 is 0. The third-order valence-electron chi connectivity index (χ3n) is 5.81. The quantitative estimate of drug-likeness (QED) is 0.777. The first kappa shape index (κ1) is 16.8. The molecule has 0 aromatic rings. The van der Waals surface area contributed by atoms with Gasteiger partial charge < -0.3 is 4.90 Å².